The fourth-order valence-corrected chi connectivity index (χ4v) is 5.62. The Labute approximate surface area is 237 Å². The summed E-state index contributed by atoms with van der Waals surface area (Å²) in [6.07, 6.45) is 3.70. The molecule has 0 spiro atoms. The maximum Gasteiger partial charge on any atom is 0.323 e. The number of likely N-dealkylation sites (N-methyl/N-ethyl adjacent to an activating group) is 1. The molecule has 11 nitrogen and oxygen atoms in total. The molecule has 3 aliphatic heterocycles. The first-order valence-corrected chi connectivity index (χ1v) is 13.6. The van der Waals surface area contributed by atoms with Crippen molar-refractivity contribution < 1.29 is 23.5 Å². The number of fused-ring (bicyclic) bond motifs is 3. The second-order valence-corrected chi connectivity index (χ2v) is 11.4. The van der Waals surface area contributed by atoms with Gasteiger partial charge in [0.2, 0.25) is 11.8 Å². The smallest absolute Gasteiger partial charge is 0.323 e. The number of morpholine rings is 1. The average Bonchev–Trinajstić information content (AvgIpc) is 3.21. The summed E-state index contributed by atoms with van der Waals surface area (Å²) >= 11 is 0. The Balaban J connectivity index is 1.36. The average molecular weight is 562 g/mol. The van der Waals surface area contributed by atoms with E-state index in [9.17, 15) is 9.59 Å². The Morgan fingerprint density at radius 2 is 1.85 bits per heavy atom. The van der Waals surface area contributed by atoms with E-state index in [0.717, 1.165) is 18.5 Å². The molecule has 3 aromatic rings. The normalized spacial score (nSPS) is 21.1. The third-order valence-electron chi connectivity index (χ3n) is 7.39. The van der Waals surface area contributed by atoms with Crippen molar-refractivity contribution >= 4 is 29.3 Å². The molecule has 2 aromatic heterocycles. The SMILES string of the molecule is Cc1cc(NC(=O)Nc2ccc(-c3nc(N4CC5CCC(C4)O5)nc4c3C(=O)N(C)CC(C)(C)O4)cc2F)ccn1. The van der Waals surface area contributed by atoms with Crippen LogP contribution in [0.1, 0.15) is 42.7 Å². The molecule has 2 unspecified atom stereocenters. The highest BCUT2D eigenvalue weighted by Gasteiger charge is 2.39. The number of urea groups is 1. The molecule has 2 fully saturated rings. The monoisotopic (exact) mass is 561 g/mol. The number of aryl methyl sites for hydroxylation is 1. The Kier molecular flexibility index (Phi) is 6.72. The number of nitrogens with one attached hydrogen (secondary N) is 2. The summed E-state index contributed by atoms with van der Waals surface area (Å²) in [5, 5.41) is 5.20. The van der Waals surface area contributed by atoms with Gasteiger partial charge in [0.05, 0.1) is 30.1 Å². The highest BCUT2D eigenvalue weighted by molar-refractivity contribution is 6.03. The number of nitrogens with zero attached hydrogens (tertiary/aromatic N) is 5. The molecule has 3 amide bonds. The number of halogens is 1. The molecule has 0 radical (unpaired) electrons. The van der Waals surface area contributed by atoms with E-state index in [-0.39, 0.29) is 40.9 Å². The minimum Gasteiger partial charge on any atom is -0.469 e. The summed E-state index contributed by atoms with van der Waals surface area (Å²) in [6, 6.07) is 7.06. The van der Waals surface area contributed by atoms with E-state index >= 15 is 4.39 Å². The number of carbonyl (C=O) groups is 2. The first-order chi connectivity index (χ1) is 19.5. The highest BCUT2D eigenvalue weighted by atomic mass is 19.1. The van der Waals surface area contributed by atoms with Crippen molar-refractivity contribution in [2.45, 2.75) is 51.4 Å². The lowest BCUT2D eigenvalue weighted by Crippen LogP contribution is -2.43. The van der Waals surface area contributed by atoms with E-state index in [4.69, 9.17) is 19.4 Å². The van der Waals surface area contributed by atoms with Gasteiger partial charge < -0.3 is 29.9 Å². The van der Waals surface area contributed by atoms with Crippen LogP contribution < -0.4 is 20.3 Å². The van der Waals surface area contributed by atoms with Gasteiger partial charge in [0.15, 0.2) is 0 Å². The van der Waals surface area contributed by atoms with Crippen LogP contribution in [-0.2, 0) is 4.74 Å². The van der Waals surface area contributed by atoms with Gasteiger partial charge in [-0.2, -0.15) is 4.98 Å². The molecular weight excluding hydrogens is 529 g/mol. The van der Waals surface area contributed by atoms with Gasteiger partial charge in [0.1, 0.15) is 17.0 Å². The first kappa shape index (κ1) is 26.9. The van der Waals surface area contributed by atoms with Crippen LogP contribution in [0.25, 0.3) is 11.3 Å². The predicted octanol–water partition coefficient (Wildman–Crippen LogP) is 4.24. The number of ether oxygens (including phenoxy) is 2. The van der Waals surface area contributed by atoms with Crippen molar-refractivity contribution in [1.29, 1.82) is 0 Å². The van der Waals surface area contributed by atoms with E-state index < -0.39 is 17.4 Å². The Hall–Kier alpha value is -4.32. The molecule has 2 N–H and O–H groups in total. The second kappa shape index (κ2) is 10.3. The summed E-state index contributed by atoms with van der Waals surface area (Å²) in [7, 11) is 1.69. The molecule has 3 aliphatic rings. The Morgan fingerprint density at radius 3 is 2.56 bits per heavy atom. The van der Waals surface area contributed by atoms with E-state index in [0.29, 0.717) is 36.8 Å². The van der Waals surface area contributed by atoms with Crippen molar-refractivity contribution in [3.8, 4) is 17.1 Å². The molecule has 1 aromatic carbocycles. The zero-order valence-corrected chi connectivity index (χ0v) is 23.4. The molecule has 2 bridgehead atoms. The minimum absolute atomic E-state index is 0.0250. The number of carbonyl (C=O) groups excluding carboxylic acids is 2. The van der Waals surface area contributed by atoms with Crippen molar-refractivity contribution in [2.24, 2.45) is 0 Å². The molecule has 12 heteroatoms. The molecule has 41 heavy (non-hydrogen) atoms. The summed E-state index contributed by atoms with van der Waals surface area (Å²) in [5.41, 5.74) is 1.33. The van der Waals surface area contributed by atoms with Crippen LogP contribution in [-0.4, -0.2) is 76.3 Å². The number of hydrogen-bond donors (Lipinski definition) is 2. The maximum atomic E-state index is 15.4. The van der Waals surface area contributed by atoms with Crippen LogP contribution in [0.5, 0.6) is 5.88 Å². The number of benzene rings is 1. The summed E-state index contributed by atoms with van der Waals surface area (Å²) in [5.74, 6) is -0.430. The van der Waals surface area contributed by atoms with Crippen LogP contribution in [0, 0.1) is 12.7 Å². The molecule has 214 valence electrons. The molecule has 2 saturated heterocycles. The van der Waals surface area contributed by atoms with Crippen LogP contribution in [0.3, 0.4) is 0 Å². The van der Waals surface area contributed by atoms with Crippen molar-refractivity contribution in [3.63, 3.8) is 0 Å². The second-order valence-electron chi connectivity index (χ2n) is 11.4. The third kappa shape index (κ3) is 5.51. The summed E-state index contributed by atoms with van der Waals surface area (Å²) in [6.45, 7) is 7.16. The molecule has 5 heterocycles. The number of aromatic nitrogens is 3. The zero-order valence-electron chi connectivity index (χ0n) is 23.4. The lowest BCUT2D eigenvalue weighted by Gasteiger charge is -2.33. The van der Waals surface area contributed by atoms with Crippen molar-refractivity contribution in [3.05, 3.63) is 53.6 Å². The largest absolute Gasteiger partial charge is 0.469 e. The van der Waals surface area contributed by atoms with Crippen molar-refractivity contribution in [2.75, 3.05) is 42.2 Å². The minimum atomic E-state index is -0.706. The number of rotatable bonds is 4. The van der Waals surface area contributed by atoms with Crippen molar-refractivity contribution in [1.82, 2.24) is 19.9 Å². The number of amides is 3. The van der Waals surface area contributed by atoms with E-state index in [2.05, 4.69) is 15.6 Å². The van der Waals surface area contributed by atoms with Crippen LogP contribution in [0.15, 0.2) is 36.5 Å². The quantitative estimate of drug-likeness (QED) is 0.485. The van der Waals surface area contributed by atoms with E-state index in [1.54, 1.807) is 43.3 Å². The number of hydrogen-bond acceptors (Lipinski definition) is 8. The topological polar surface area (TPSA) is 122 Å². The molecular formula is C29H32FN7O4. The van der Waals surface area contributed by atoms with Gasteiger partial charge in [-0.1, -0.05) is 6.07 Å². The fraction of sp³-hybridized carbons (Fsp3) is 0.414. The zero-order chi connectivity index (χ0) is 28.9. The number of anilines is 3. The standard InChI is InChI=1S/C29H32FN7O4/c1-16-11-18(9-10-31-16)32-28(39)33-22-8-5-17(12-21(22)30)24-23-25(41-29(2,3)15-36(4)26(23)38)35-27(34-24)37-13-19-6-7-20(14-37)40-19/h5,8-12,19-20H,6-7,13-15H2,1-4H3,(H2,31,32,33,39). The third-order valence-corrected chi connectivity index (χ3v) is 7.39. The van der Waals surface area contributed by atoms with Gasteiger partial charge in [0.25, 0.3) is 5.91 Å². The van der Waals surface area contributed by atoms with Gasteiger partial charge in [-0.05, 0) is 57.9 Å². The fourth-order valence-electron chi connectivity index (χ4n) is 5.62. The van der Waals surface area contributed by atoms with Gasteiger partial charge in [-0.25, -0.2) is 14.2 Å². The lowest BCUT2D eigenvalue weighted by molar-refractivity contribution is 0.0297. The maximum absolute atomic E-state index is 15.4. The first-order valence-electron chi connectivity index (χ1n) is 13.6. The lowest BCUT2D eigenvalue weighted by atomic mass is 10.0. The molecule has 0 aliphatic carbocycles. The Morgan fingerprint density at radius 1 is 1.10 bits per heavy atom. The highest BCUT2D eigenvalue weighted by Crippen LogP contribution is 2.38. The van der Waals surface area contributed by atoms with Gasteiger partial charge >= 0.3 is 6.03 Å². The van der Waals surface area contributed by atoms with Crippen LogP contribution in [0.4, 0.5) is 26.5 Å². The Bertz CT molecular complexity index is 1520. The van der Waals surface area contributed by atoms with Gasteiger partial charge in [-0.3, -0.25) is 9.78 Å². The summed E-state index contributed by atoms with van der Waals surface area (Å²) < 4.78 is 27.7. The van der Waals surface area contributed by atoms with Crippen LogP contribution in [0.2, 0.25) is 0 Å². The molecule has 2 atom stereocenters. The van der Waals surface area contributed by atoms with Gasteiger partial charge in [0, 0.05) is 43.3 Å². The van der Waals surface area contributed by atoms with E-state index in [1.807, 2.05) is 18.7 Å². The molecule has 6 rings (SSSR count). The van der Waals surface area contributed by atoms with Crippen LogP contribution >= 0.6 is 0 Å². The van der Waals surface area contributed by atoms with E-state index in [1.165, 1.54) is 12.1 Å². The molecule has 0 saturated carbocycles. The number of pyridine rings is 1. The van der Waals surface area contributed by atoms with Gasteiger partial charge in [-0.15, -0.1) is 0 Å². The predicted molar refractivity (Wildman–Crippen MR) is 151 cm³/mol. The summed E-state index contributed by atoms with van der Waals surface area (Å²) in [4.78, 5) is 43.3.